The normalized spacial score (nSPS) is 12.2. The van der Waals surface area contributed by atoms with Crippen LogP contribution in [-0.2, 0) is 9.47 Å². The lowest BCUT2D eigenvalue weighted by Crippen LogP contribution is -2.10. The molecule has 1 rings (SSSR count). The minimum Gasteiger partial charge on any atom is -0.493 e. The molecule has 0 bridgehead atoms. The van der Waals surface area contributed by atoms with Crippen molar-refractivity contribution in [2.75, 3.05) is 40.6 Å². The lowest BCUT2D eigenvalue weighted by Gasteiger charge is -2.13. The standard InChI is InChI=1S/C15H25NO4/c1-12(16)13-5-6-14(15(11-13)18-3)20-10-9-19-8-4-7-17-2/h5-6,11-12H,4,7-10,16H2,1-3H3/t12-/m0/s1. The first-order chi connectivity index (χ1) is 9.69. The second-order valence-electron chi connectivity index (χ2n) is 4.51. The summed E-state index contributed by atoms with van der Waals surface area (Å²) in [6, 6.07) is 5.70. The molecule has 2 N–H and O–H groups in total. The molecule has 114 valence electrons. The highest BCUT2D eigenvalue weighted by Gasteiger charge is 2.07. The third kappa shape index (κ3) is 5.77. The first kappa shape index (κ1) is 16.8. The number of nitrogens with two attached hydrogens (primary N) is 1. The first-order valence-electron chi connectivity index (χ1n) is 6.82. The van der Waals surface area contributed by atoms with Crippen molar-refractivity contribution in [3.8, 4) is 11.5 Å². The van der Waals surface area contributed by atoms with E-state index in [2.05, 4.69) is 0 Å². The van der Waals surface area contributed by atoms with Crippen LogP contribution in [0.3, 0.4) is 0 Å². The molecule has 0 amide bonds. The van der Waals surface area contributed by atoms with Crippen molar-refractivity contribution in [2.45, 2.75) is 19.4 Å². The average Bonchev–Trinajstić information content (AvgIpc) is 2.46. The van der Waals surface area contributed by atoms with Gasteiger partial charge in [-0.3, -0.25) is 0 Å². The van der Waals surface area contributed by atoms with E-state index in [4.69, 9.17) is 24.7 Å². The molecule has 0 saturated heterocycles. The van der Waals surface area contributed by atoms with Gasteiger partial charge in [0.1, 0.15) is 6.61 Å². The molecule has 5 heteroatoms. The molecule has 0 spiro atoms. The van der Waals surface area contributed by atoms with E-state index in [1.54, 1.807) is 14.2 Å². The van der Waals surface area contributed by atoms with Gasteiger partial charge < -0.3 is 24.7 Å². The maximum Gasteiger partial charge on any atom is 0.161 e. The van der Waals surface area contributed by atoms with E-state index in [0.29, 0.717) is 37.9 Å². The van der Waals surface area contributed by atoms with Crippen molar-refractivity contribution in [3.63, 3.8) is 0 Å². The van der Waals surface area contributed by atoms with Gasteiger partial charge in [-0.05, 0) is 31.0 Å². The monoisotopic (exact) mass is 283 g/mol. The summed E-state index contributed by atoms with van der Waals surface area (Å²) in [5.41, 5.74) is 6.86. The van der Waals surface area contributed by atoms with E-state index in [9.17, 15) is 0 Å². The van der Waals surface area contributed by atoms with Crippen molar-refractivity contribution in [2.24, 2.45) is 5.73 Å². The van der Waals surface area contributed by atoms with Crippen LogP contribution >= 0.6 is 0 Å². The summed E-state index contributed by atoms with van der Waals surface area (Å²) in [7, 11) is 3.30. The summed E-state index contributed by atoms with van der Waals surface area (Å²) in [5.74, 6) is 1.40. The highest BCUT2D eigenvalue weighted by atomic mass is 16.5. The average molecular weight is 283 g/mol. The third-order valence-electron chi connectivity index (χ3n) is 2.84. The van der Waals surface area contributed by atoms with Crippen LogP contribution in [0.1, 0.15) is 24.9 Å². The van der Waals surface area contributed by atoms with E-state index in [-0.39, 0.29) is 6.04 Å². The highest BCUT2D eigenvalue weighted by molar-refractivity contribution is 5.43. The molecule has 0 aliphatic carbocycles. The van der Waals surface area contributed by atoms with Gasteiger partial charge in [-0.25, -0.2) is 0 Å². The van der Waals surface area contributed by atoms with Crippen LogP contribution in [-0.4, -0.2) is 40.6 Å². The fourth-order valence-electron chi connectivity index (χ4n) is 1.70. The van der Waals surface area contributed by atoms with Gasteiger partial charge in [-0.1, -0.05) is 6.07 Å². The first-order valence-corrected chi connectivity index (χ1v) is 6.82. The summed E-state index contributed by atoms with van der Waals surface area (Å²) in [5, 5.41) is 0. The molecular formula is C15H25NO4. The van der Waals surface area contributed by atoms with E-state index in [0.717, 1.165) is 12.0 Å². The molecule has 0 aromatic heterocycles. The molecule has 0 radical (unpaired) electrons. The number of hydrogen-bond acceptors (Lipinski definition) is 5. The summed E-state index contributed by atoms with van der Waals surface area (Å²) in [6.07, 6.45) is 0.892. The van der Waals surface area contributed by atoms with Gasteiger partial charge in [0.05, 0.1) is 13.7 Å². The summed E-state index contributed by atoms with van der Waals surface area (Å²) >= 11 is 0. The van der Waals surface area contributed by atoms with Gasteiger partial charge in [0.15, 0.2) is 11.5 Å². The smallest absolute Gasteiger partial charge is 0.161 e. The number of benzene rings is 1. The lowest BCUT2D eigenvalue weighted by molar-refractivity contribution is 0.0799. The third-order valence-corrected chi connectivity index (χ3v) is 2.84. The Balaban J connectivity index is 2.36. The molecule has 0 aliphatic rings. The molecule has 0 heterocycles. The Hall–Kier alpha value is -1.30. The largest absolute Gasteiger partial charge is 0.493 e. The number of ether oxygens (including phenoxy) is 4. The van der Waals surface area contributed by atoms with Crippen molar-refractivity contribution in [1.29, 1.82) is 0 Å². The Morgan fingerprint density at radius 3 is 2.50 bits per heavy atom. The summed E-state index contributed by atoms with van der Waals surface area (Å²) in [6.45, 7) is 4.36. The van der Waals surface area contributed by atoms with Crippen molar-refractivity contribution >= 4 is 0 Å². The SMILES string of the molecule is COCCCOCCOc1ccc([C@H](C)N)cc1OC. The van der Waals surface area contributed by atoms with Gasteiger partial charge in [0, 0.05) is 26.4 Å². The van der Waals surface area contributed by atoms with Gasteiger partial charge in [-0.2, -0.15) is 0 Å². The molecule has 0 saturated carbocycles. The molecular weight excluding hydrogens is 258 g/mol. The Labute approximate surface area is 121 Å². The molecule has 0 aliphatic heterocycles. The van der Waals surface area contributed by atoms with E-state index < -0.39 is 0 Å². The van der Waals surface area contributed by atoms with Crippen molar-refractivity contribution < 1.29 is 18.9 Å². The maximum atomic E-state index is 5.84. The molecule has 1 aromatic rings. The van der Waals surface area contributed by atoms with Gasteiger partial charge in [0.2, 0.25) is 0 Å². The zero-order valence-corrected chi connectivity index (χ0v) is 12.6. The molecule has 0 unspecified atom stereocenters. The van der Waals surface area contributed by atoms with Crippen LogP contribution in [0.4, 0.5) is 0 Å². The Morgan fingerprint density at radius 2 is 1.85 bits per heavy atom. The van der Waals surface area contributed by atoms with Gasteiger partial charge in [0.25, 0.3) is 0 Å². The predicted octanol–water partition coefficient (Wildman–Crippen LogP) is 2.15. The lowest BCUT2D eigenvalue weighted by atomic mass is 10.1. The van der Waals surface area contributed by atoms with Crippen LogP contribution < -0.4 is 15.2 Å². The fourth-order valence-corrected chi connectivity index (χ4v) is 1.70. The van der Waals surface area contributed by atoms with Crippen LogP contribution in [0.15, 0.2) is 18.2 Å². The summed E-state index contributed by atoms with van der Waals surface area (Å²) < 4.78 is 21.3. The molecule has 5 nitrogen and oxygen atoms in total. The minimum absolute atomic E-state index is 0.0259. The highest BCUT2D eigenvalue weighted by Crippen LogP contribution is 2.29. The molecule has 1 aromatic carbocycles. The van der Waals surface area contributed by atoms with Crippen LogP contribution in [0.5, 0.6) is 11.5 Å². The summed E-state index contributed by atoms with van der Waals surface area (Å²) in [4.78, 5) is 0. The fraction of sp³-hybridized carbons (Fsp3) is 0.600. The number of methoxy groups -OCH3 is 2. The Kier molecular flexibility index (Phi) is 8.02. The second-order valence-corrected chi connectivity index (χ2v) is 4.51. The Morgan fingerprint density at radius 1 is 1.05 bits per heavy atom. The zero-order chi connectivity index (χ0) is 14.8. The predicted molar refractivity (Wildman–Crippen MR) is 78.4 cm³/mol. The van der Waals surface area contributed by atoms with E-state index >= 15 is 0 Å². The van der Waals surface area contributed by atoms with Crippen LogP contribution in [0.25, 0.3) is 0 Å². The van der Waals surface area contributed by atoms with Gasteiger partial charge >= 0.3 is 0 Å². The van der Waals surface area contributed by atoms with Crippen LogP contribution in [0.2, 0.25) is 0 Å². The van der Waals surface area contributed by atoms with Crippen molar-refractivity contribution in [3.05, 3.63) is 23.8 Å². The zero-order valence-electron chi connectivity index (χ0n) is 12.6. The van der Waals surface area contributed by atoms with Gasteiger partial charge in [-0.15, -0.1) is 0 Å². The minimum atomic E-state index is -0.0259. The van der Waals surface area contributed by atoms with E-state index in [1.807, 2.05) is 25.1 Å². The maximum absolute atomic E-state index is 5.84. The Bertz CT molecular complexity index is 382. The molecule has 1 atom stereocenters. The molecule has 0 fully saturated rings. The number of rotatable bonds is 10. The van der Waals surface area contributed by atoms with Crippen molar-refractivity contribution in [1.82, 2.24) is 0 Å². The quantitative estimate of drug-likeness (QED) is 0.667. The second kappa shape index (κ2) is 9.58. The topological polar surface area (TPSA) is 62.9 Å². The van der Waals surface area contributed by atoms with Crippen LogP contribution in [0, 0.1) is 0 Å². The molecule has 20 heavy (non-hydrogen) atoms. The number of hydrogen-bond donors (Lipinski definition) is 1. The van der Waals surface area contributed by atoms with E-state index in [1.165, 1.54) is 0 Å².